The molecule has 2 aliphatic rings. The molecule has 1 fully saturated rings. The van der Waals surface area contributed by atoms with Crippen LogP contribution in [0.1, 0.15) is 40.0 Å². The van der Waals surface area contributed by atoms with E-state index in [0.717, 1.165) is 19.5 Å². The molecule has 1 aliphatic heterocycles. The molecule has 1 saturated heterocycles. The zero-order chi connectivity index (χ0) is 17.0. The standard InChI is InChI=1S/C17H30N2O3S/c1-4-19(10-16-13(2)6-5-7-14(16)3)11-17(20)18-15-8-9-23(21,22)12-15/h6,14-16H,4-5,7-12H2,1-3H3,(H,18,20)/t14-,15-,16+/m1/s1. The SMILES string of the molecule is CCN(CC(=O)N[C@@H]1CCS(=O)(=O)C1)C[C@H]1C(C)=CCC[C@H]1C. The Morgan fingerprint density at radius 2 is 2.13 bits per heavy atom. The van der Waals surface area contributed by atoms with Gasteiger partial charge in [0.25, 0.3) is 0 Å². The molecule has 2 rings (SSSR count). The lowest BCUT2D eigenvalue weighted by atomic mass is 9.80. The summed E-state index contributed by atoms with van der Waals surface area (Å²) in [5.41, 5.74) is 1.43. The lowest BCUT2D eigenvalue weighted by Gasteiger charge is -2.33. The highest BCUT2D eigenvalue weighted by molar-refractivity contribution is 7.91. The van der Waals surface area contributed by atoms with Crippen LogP contribution in [0.15, 0.2) is 11.6 Å². The molecule has 3 atom stereocenters. The van der Waals surface area contributed by atoms with E-state index in [9.17, 15) is 13.2 Å². The molecule has 0 aromatic rings. The van der Waals surface area contributed by atoms with E-state index < -0.39 is 9.84 Å². The fourth-order valence-corrected chi connectivity index (χ4v) is 5.34. The number of carbonyl (C=O) groups is 1. The minimum atomic E-state index is -2.95. The largest absolute Gasteiger partial charge is 0.351 e. The molecule has 1 heterocycles. The van der Waals surface area contributed by atoms with Crippen molar-refractivity contribution in [1.82, 2.24) is 10.2 Å². The second-order valence-electron chi connectivity index (χ2n) is 7.10. The van der Waals surface area contributed by atoms with Gasteiger partial charge in [0, 0.05) is 12.6 Å². The van der Waals surface area contributed by atoms with Gasteiger partial charge in [0.05, 0.1) is 18.1 Å². The normalized spacial score (nSPS) is 30.3. The van der Waals surface area contributed by atoms with Gasteiger partial charge in [-0.3, -0.25) is 9.69 Å². The lowest BCUT2D eigenvalue weighted by molar-refractivity contribution is -0.122. The second kappa shape index (κ2) is 7.79. The Hall–Kier alpha value is -0.880. The van der Waals surface area contributed by atoms with Crippen LogP contribution < -0.4 is 5.32 Å². The van der Waals surface area contributed by atoms with Crippen LogP contribution in [-0.2, 0) is 14.6 Å². The van der Waals surface area contributed by atoms with Crippen molar-refractivity contribution in [2.75, 3.05) is 31.1 Å². The Kier molecular flexibility index (Phi) is 6.26. The van der Waals surface area contributed by atoms with Gasteiger partial charge in [-0.25, -0.2) is 8.42 Å². The molecule has 0 unspecified atom stereocenters. The van der Waals surface area contributed by atoms with Crippen molar-refractivity contribution in [1.29, 1.82) is 0 Å². The average Bonchev–Trinajstić information content (AvgIpc) is 2.80. The summed E-state index contributed by atoms with van der Waals surface area (Å²) in [4.78, 5) is 14.4. The number of hydrogen-bond acceptors (Lipinski definition) is 4. The molecular weight excluding hydrogens is 312 g/mol. The number of sulfone groups is 1. The summed E-state index contributed by atoms with van der Waals surface area (Å²) in [6.07, 6.45) is 5.24. The highest BCUT2D eigenvalue weighted by atomic mass is 32.2. The number of hydrogen-bond donors (Lipinski definition) is 1. The van der Waals surface area contributed by atoms with Crippen LogP contribution in [0, 0.1) is 11.8 Å². The molecule has 0 saturated carbocycles. The van der Waals surface area contributed by atoms with Gasteiger partial charge in [0.2, 0.25) is 5.91 Å². The van der Waals surface area contributed by atoms with Crippen molar-refractivity contribution in [2.24, 2.45) is 11.8 Å². The van der Waals surface area contributed by atoms with E-state index in [0.29, 0.717) is 24.8 Å². The van der Waals surface area contributed by atoms with Crippen molar-refractivity contribution in [3.63, 3.8) is 0 Å². The number of carbonyl (C=O) groups excluding carboxylic acids is 1. The summed E-state index contributed by atoms with van der Waals surface area (Å²) in [5, 5.41) is 2.88. The highest BCUT2D eigenvalue weighted by Crippen LogP contribution is 2.30. The first-order valence-corrected chi connectivity index (χ1v) is 10.5. The predicted molar refractivity (Wildman–Crippen MR) is 93.0 cm³/mol. The maximum absolute atomic E-state index is 12.2. The van der Waals surface area contributed by atoms with E-state index in [-0.39, 0.29) is 23.5 Å². The zero-order valence-corrected chi connectivity index (χ0v) is 15.4. The van der Waals surface area contributed by atoms with Crippen molar-refractivity contribution < 1.29 is 13.2 Å². The summed E-state index contributed by atoms with van der Waals surface area (Å²) in [6.45, 7) is 8.63. The van der Waals surface area contributed by atoms with Crippen LogP contribution in [0.4, 0.5) is 0 Å². The monoisotopic (exact) mass is 342 g/mol. The first-order chi connectivity index (χ1) is 10.8. The van der Waals surface area contributed by atoms with Gasteiger partial charge in [0.15, 0.2) is 9.84 Å². The van der Waals surface area contributed by atoms with Crippen molar-refractivity contribution in [3.05, 3.63) is 11.6 Å². The van der Waals surface area contributed by atoms with E-state index >= 15 is 0 Å². The molecule has 0 radical (unpaired) electrons. The summed E-state index contributed by atoms with van der Waals surface area (Å²) in [6, 6.07) is -0.207. The first-order valence-electron chi connectivity index (χ1n) is 8.69. The number of rotatable bonds is 6. The Labute approximate surface area is 140 Å². The Morgan fingerprint density at radius 3 is 2.70 bits per heavy atom. The molecule has 1 aliphatic carbocycles. The maximum Gasteiger partial charge on any atom is 0.234 e. The fourth-order valence-electron chi connectivity index (χ4n) is 3.67. The summed E-state index contributed by atoms with van der Waals surface area (Å²) >= 11 is 0. The van der Waals surface area contributed by atoms with Gasteiger partial charge < -0.3 is 5.32 Å². The van der Waals surface area contributed by atoms with Crippen LogP contribution in [0.3, 0.4) is 0 Å². The Morgan fingerprint density at radius 1 is 1.39 bits per heavy atom. The van der Waals surface area contributed by atoms with Crippen molar-refractivity contribution in [2.45, 2.75) is 46.1 Å². The molecule has 6 heteroatoms. The minimum Gasteiger partial charge on any atom is -0.351 e. The molecule has 0 bridgehead atoms. The molecule has 132 valence electrons. The smallest absolute Gasteiger partial charge is 0.234 e. The molecule has 23 heavy (non-hydrogen) atoms. The quantitative estimate of drug-likeness (QED) is 0.745. The van der Waals surface area contributed by atoms with Gasteiger partial charge in [0.1, 0.15) is 0 Å². The number of nitrogens with one attached hydrogen (secondary N) is 1. The molecule has 1 amide bonds. The second-order valence-corrected chi connectivity index (χ2v) is 9.33. The molecule has 0 aromatic carbocycles. The highest BCUT2D eigenvalue weighted by Gasteiger charge is 2.30. The van der Waals surface area contributed by atoms with Crippen LogP contribution in [-0.4, -0.2) is 56.4 Å². The first kappa shape index (κ1) is 18.5. The molecule has 1 N–H and O–H groups in total. The van der Waals surface area contributed by atoms with Crippen molar-refractivity contribution >= 4 is 15.7 Å². The van der Waals surface area contributed by atoms with E-state index in [2.05, 4.69) is 37.1 Å². The third kappa shape index (κ3) is 5.31. The number of likely N-dealkylation sites (N-methyl/N-ethyl adjacent to an activating group) is 1. The predicted octanol–water partition coefficient (Wildman–Crippen LogP) is 1.60. The van der Waals surface area contributed by atoms with Gasteiger partial charge in [-0.1, -0.05) is 25.5 Å². The van der Waals surface area contributed by atoms with Gasteiger partial charge >= 0.3 is 0 Å². The topological polar surface area (TPSA) is 66.5 Å². The fraction of sp³-hybridized carbons (Fsp3) is 0.824. The summed E-state index contributed by atoms with van der Waals surface area (Å²) < 4.78 is 22.9. The Balaban J connectivity index is 1.85. The third-order valence-corrected chi connectivity index (χ3v) is 6.99. The average molecular weight is 343 g/mol. The van der Waals surface area contributed by atoms with E-state index in [1.165, 1.54) is 12.0 Å². The molecule has 0 aromatic heterocycles. The van der Waals surface area contributed by atoms with Crippen LogP contribution >= 0.6 is 0 Å². The van der Waals surface area contributed by atoms with Crippen molar-refractivity contribution in [3.8, 4) is 0 Å². The molecule has 5 nitrogen and oxygen atoms in total. The van der Waals surface area contributed by atoms with E-state index in [1.54, 1.807) is 0 Å². The van der Waals surface area contributed by atoms with Crippen LogP contribution in [0.5, 0.6) is 0 Å². The van der Waals surface area contributed by atoms with Gasteiger partial charge in [-0.2, -0.15) is 0 Å². The summed E-state index contributed by atoms with van der Waals surface area (Å²) in [7, 11) is -2.95. The van der Waals surface area contributed by atoms with Gasteiger partial charge in [-0.15, -0.1) is 0 Å². The summed E-state index contributed by atoms with van der Waals surface area (Å²) in [5.74, 6) is 1.39. The zero-order valence-electron chi connectivity index (χ0n) is 14.5. The maximum atomic E-state index is 12.2. The van der Waals surface area contributed by atoms with E-state index in [4.69, 9.17) is 0 Å². The minimum absolute atomic E-state index is 0.0564. The Bertz CT molecular complexity index is 556. The van der Waals surface area contributed by atoms with Crippen LogP contribution in [0.25, 0.3) is 0 Å². The third-order valence-electron chi connectivity index (χ3n) is 5.23. The number of amides is 1. The number of allylic oxidation sites excluding steroid dienone is 1. The van der Waals surface area contributed by atoms with Gasteiger partial charge in [-0.05, 0) is 44.6 Å². The molecular formula is C17H30N2O3S. The van der Waals surface area contributed by atoms with E-state index in [1.807, 2.05) is 0 Å². The lowest BCUT2D eigenvalue weighted by Crippen LogP contribution is -2.44. The van der Waals surface area contributed by atoms with Crippen LogP contribution in [0.2, 0.25) is 0 Å². The number of nitrogens with zero attached hydrogens (tertiary/aromatic N) is 1. The molecule has 0 spiro atoms.